The molecule has 0 fully saturated rings. The third-order valence-corrected chi connectivity index (χ3v) is 4.28. The molecule has 1 aliphatic heterocycles. The molecule has 0 bridgehead atoms. The van der Waals surface area contributed by atoms with Gasteiger partial charge in [-0.3, -0.25) is 11.3 Å². The van der Waals surface area contributed by atoms with E-state index in [0.29, 0.717) is 12.5 Å². The number of benzene rings is 2. The molecular formula is C18H22N2O. The van der Waals surface area contributed by atoms with Gasteiger partial charge in [-0.1, -0.05) is 49.4 Å². The molecule has 0 spiro atoms. The standard InChI is InChI=1S/C18H22N2O/c1-2-13-6-5-8-15(10-13)18(20-19)16-11-14-7-3-4-9-17(14)21-12-16/h3-10,16,18,20H,2,11-12,19H2,1H3. The molecule has 2 unspecified atom stereocenters. The van der Waals surface area contributed by atoms with Crippen molar-refractivity contribution in [1.82, 2.24) is 5.43 Å². The summed E-state index contributed by atoms with van der Waals surface area (Å²) < 4.78 is 5.90. The summed E-state index contributed by atoms with van der Waals surface area (Å²) in [5, 5.41) is 0. The number of fused-ring (bicyclic) bond motifs is 1. The third kappa shape index (κ3) is 2.94. The number of nitrogens with one attached hydrogen (secondary N) is 1. The first kappa shape index (κ1) is 14.1. The van der Waals surface area contributed by atoms with Crippen LogP contribution in [-0.4, -0.2) is 6.61 Å². The van der Waals surface area contributed by atoms with E-state index in [4.69, 9.17) is 10.6 Å². The van der Waals surface area contributed by atoms with E-state index < -0.39 is 0 Å². The Labute approximate surface area is 126 Å². The average Bonchev–Trinajstić information content (AvgIpc) is 2.56. The summed E-state index contributed by atoms with van der Waals surface area (Å²) in [6.45, 7) is 2.87. The van der Waals surface area contributed by atoms with Gasteiger partial charge in [0, 0.05) is 5.92 Å². The number of hydrazine groups is 1. The van der Waals surface area contributed by atoms with E-state index in [1.165, 1.54) is 16.7 Å². The van der Waals surface area contributed by atoms with E-state index in [9.17, 15) is 0 Å². The number of hydrogen-bond acceptors (Lipinski definition) is 3. The van der Waals surface area contributed by atoms with E-state index in [1.54, 1.807) is 0 Å². The minimum absolute atomic E-state index is 0.116. The Morgan fingerprint density at radius 3 is 2.90 bits per heavy atom. The van der Waals surface area contributed by atoms with Gasteiger partial charge in [0.2, 0.25) is 0 Å². The number of aryl methyl sites for hydroxylation is 1. The van der Waals surface area contributed by atoms with Crippen molar-refractivity contribution in [2.45, 2.75) is 25.8 Å². The highest BCUT2D eigenvalue weighted by molar-refractivity contribution is 5.36. The van der Waals surface area contributed by atoms with Crippen molar-refractivity contribution in [3.05, 3.63) is 65.2 Å². The van der Waals surface area contributed by atoms with Crippen molar-refractivity contribution >= 4 is 0 Å². The van der Waals surface area contributed by atoms with Crippen LogP contribution in [0.2, 0.25) is 0 Å². The van der Waals surface area contributed by atoms with E-state index in [-0.39, 0.29) is 6.04 Å². The number of ether oxygens (including phenoxy) is 1. The van der Waals surface area contributed by atoms with Gasteiger partial charge in [-0.2, -0.15) is 0 Å². The van der Waals surface area contributed by atoms with Crippen LogP contribution in [0.15, 0.2) is 48.5 Å². The van der Waals surface area contributed by atoms with Crippen LogP contribution >= 0.6 is 0 Å². The van der Waals surface area contributed by atoms with Crippen LogP contribution in [0.1, 0.15) is 29.7 Å². The number of nitrogens with two attached hydrogens (primary N) is 1. The zero-order chi connectivity index (χ0) is 14.7. The van der Waals surface area contributed by atoms with Crippen molar-refractivity contribution in [1.29, 1.82) is 0 Å². The fourth-order valence-electron chi connectivity index (χ4n) is 3.08. The van der Waals surface area contributed by atoms with Gasteiger partial charge in [-0.05, 0) is 35.6 Å². The first-order valence-corrected chi connectivity index (χ1v) is 7.57. The Balaban J connectivity index is 1.84. The summed E-state index contributed by atoms with van der Waals surface area (Å²) in [6, 6.07) is 17.0. The van der Waals surface area contributed by atoms with Gasteiger partial charge in [0.1, 0.15) is 5.75 Å². The minimum atomic E-state index is 0.116. The molecule has 0 amide bonds. The second-order valence-corrected chi connectivity index (χ2v) is 5.63. The van der Waals surface area contributed by atoms with Gasteiger partial charge in [0.25, 0.3) is 0 Å². The van der Waals surface area contributed by atoms with E-state index in [1.807, 2.05) is 12.1 Å². The quantitative estimate of drug-likeness (QED) is 0.669. The average molecular weight is 282 g/mol. The molecule has 0 aromatic heterocycles. The highest BCUT2D eigenvalue weighted by atomic mass is 16.5. The maximum absolute atomic E-state index is 5.90. The van der Waals surface area contributed by atoms with E-state index in [0.717, 1.165) is 18.6 Å². The molecule has 21 heavy (non-hydrogen) atoms. The molecule has 0 radical (unpaired) electrons. The molecule has 2 aromatic rings. The van der Waals surface area contributed by atoms with Gasteiger partial charge in [-0.15, -0.1) is 0 Å². The molecular weight excluding hydrogens is 260 g/mol. The van der Waals surface area contributed by atoms with Crippen molar-refractivity contribution in [3.63, 3.8) is 0 Å². The van der Waals surface area contributed by atoms with Crippen molar-refractivity contribution in [2.24, 2.45) is 11.8 Å². The zero-order valence-corrected chi connectivity index (χ0v) is 12.4. The monoisotopic (exact) mass is 282 g/mol. The third-order valence-electron chi connectivity index (χ3n) is 4.28. The van der Waals surface area contributed by atoms with Crippen LogP contribution in [0, 0.1) is 5.92 Å². The zero-order valence-electron chi connectivity index (χ0n) is 12.4. The molecule has 2 aromatic carbocycles. The molecule has 1 aliphatic rings. The highest BCUT2D eigenvalue weighted by Crippen LogP contribution is 2.33. The Morgan fingerprint density at radius 1 is 1.24 bits per heavy atom. The lowest BCUT2D eigenvalue weighted by molar-refractivity contribution is 0.185. The number of rotatable bonds is 4. The van der Waals surface area contributed by atoms with Gasteiger partial charge in [-0.25, -0.2) is 0 Å². The smallest absolute Gasteiger partial charge is 0.122 e. The van der Waals surface area contributed by atoms with Crippen LogP contribution in [0.3, 0.4) is 0 Å². The Kier molecular flexibility index (Phi) is 4.23. The van der Waals surface area contributed by atoms with Crippen LogP contribution in [0.4, 0.5) is 0 Å². The van der Waals surface area contributed by atoms with E-state index in [2.05, 4.69) is 48.7 Å². The maximum atomic E-state index is 5.90. The lowest BCUT2D eigenvalue weighted by atomic mass is 9.86. The number of hydrogen-bond donors (Lipinski definition) is 2. The molecule has 0 saturated heterocycles. The predicted octanol–water partition coefficient (Wildman–Crippen LogP) is 3.00. The molecule has 2 atom stereocenters. The van der Waals surface area contributed by atoms with Crippen LogP contribution in [-0.2, 0) is 12.8 Å². The normalized spacial score (nSPS) is 18.7. The van der Waals surface area contributed by atoms with Gasteiger partial charge in [0.15, 0.2) is 0 Å². The molecule has 3 nitrogen and oxygen atoms in total. The lowest BCUT2D eigenvalue weighted by Gasteiger charge is -2.31. The van der Waals surface area contributed by atoms with Crippen molar-refractivity contribution in [2.75, 3.05) is 6.61 Å². The highest BCUT2D eigenvalue weighted by Gasteiger charge is 2.27. The van der Waals surface area contributed by atoms with Gasteiger partial charge < -0.3 is 4.74 Å². The summed E-state index contributed by atoms with van der Waals surface area (Å²) in [4.78, 5) is 0. The van der Waals surface area contributed by atoms with Gasteiger partial charge >= 0.3 is 0 Å². The van der Waals surface area contributed by atoms with Crippen LogP contribution < -0.4 is 16.0 Å². The molecule has 3 N–H and O–H groups in total. The lowest BCUT2D eigenvalue weighted by Crippen LogP contribution is -2.38. The molecule has 0 saturated carbocycles. The molecule has 0 aliphatic carbocycles. The van der Waals surface area contributed by atoms with Crippen LogP contribution in [0.5, 0.6) is 5.75 Å². The van der Waals surface area contributed by atoms with Crippen LogP contribution in [0.25, 0.3) is 0 Å². The largest absolute Gasteiger partial charge is 0.493 e. The van der Waals surface area contributed by atoms with Crippen molar-refractivity contribution in [3.8, 4) is 5.75 Å². The maximum Gasteiger partial charge on any atom is 0.122 e. The minimum Gasteiger partial charge on any atom is -0.493 e. The fraction of sp³-hybridized carbons (Fsp3) is 0.333. The summed E-state index contributed by atoms with van der Waals surface area (Å²) >= 11 is 0. The first-order valence-electron chi connectivity index (χ1n) is 7.57. The summed E-state index contributed by atoms with van der Waals surface area (Å²) in [5.41, 5.74) is 6.83. The Hall–Kier alpha value is -1.84. The Bertz CT molecular complexity index is 612. The molecule has 110 valence electrons. The fourth-order valence-corrected chi connectivity index (χ4v) is 3.08. The predicted molar refractivity (Wildman–Crippen MR) is 85.0 cm³/mol. The van der Waals surface area contributed by atoms with Crippen molar-refractivity contribution < 1.29 is 4.74 Å². The summed E-state index contributed by atoms with van der Waals surface area (Å²) in [6.07, 6.45) is 2.02. The molecule has 1 heterocycles. The second-order valence-electron chi connectivity index (χ2n) is 5.63. The van der Waals surface area contributed by atoms with Gasteiger partial charge in [0.05, 0.1) is 12.6 Å². The Morgan fingerprint density at radius 2 is 2.10 bits per heavy atom. The molecule has 3 heteroatoms. The first-order chi connectivity index (χ1) is 10.3. The topological polar surface area (TPSA) is 47.3 Å². The van der Waals surface area contributed by atoms with E-state index >= 15 is 0 Å². The molecule has 3 rings (SSSR count). The SMILES string of the molecule is CCc1cccc(C(NN)C2COc3ccccc3C2)c1. The summed E-state index contributed by atoms with van der Waals surface area (Å²) in [7, 11) is 0. The summed E-state index contributed by atoms with van der Waals surface area (Å²) in [5.74, 6) is 7.19. The number of para-hydroxylation sites is 1. The second kappa shape index (κ2) is 6.29.